The van der Waals surface area contributed by atoms with Gasteiger partial charge in [-0.15, -0.1) is 0 Å². The Labute approximate surface area is 202 Å². The number of β-amino-alcohol motifs (C(OH)–C–C–N with tert-alkyl or cyclic N) is 1. The second kappa shape index (κ2) is 11.0. The molecule has 5 rings (SSSR count). The van der Waals surface area contributed by atoms with Crippen molar-refractivity contribution in [2.24, 2.45) is 4.99 Å². The van der Waals surface area contributed by atoms with E-state index >= 15 is 0 Å². The highest BCUT2D eigenvalue weighted by Crippen LogP contribution is 2.23. The molecule has 34 heavy (non-hydrogen) atoms. The van der Waals surface area contributed by atoms with Crippen LogP contribution in [0.5, 0.6) is 0 Å². The zero-order valence-corrected chi connectivity index (χ0v) is 19.9. The van der Waals surface area contributed by atoms with Gasteiger partial charge in [-0.25, -0.2) is 4.99 Å². The first kappa shape index (κ1) is 23.5. The fourth-order valence-corrected chi connectivity index (χ4v) is 5.15. The van der Waals surface area contributed by atoms with Gasteiger partial charge in [-0.2, -0.15) is 0 Å². The van der Waals surface area contributed by atoms with E-state index in [0.717, 1.165) is 56.9 Å². The van der Waals surface area contributed by atoms with E-state index in [9.17, 15) is 9.90 Å². The van der Waals surface area contributed by atoms with E-state index in [0.29, 0.717) is 32.2 Å². The van der Waals surface area contributed by atoms with Crippen molar-refractivity contribution in [3.8, 4) is 0 Å². The third kappa shape index (κ3) is 5.86. The molecule has 3 aliphatic heterocycles. The molecule has 2 atom stereocenters. The first-order valence-electron chi connectivity index (χ1n) is 12.8. The maximum Gasteiger partial charge on any atom is 0.247 e. The number of nitrogens with one attached hydrogen (secondary N) is 2. The molecule has 1 amide bonds. The molecule has 0 spiro atoms. The summed E-state index contributed by atoms with van der Waals surface area (Å²) >= 11 is 0. The maximum absolute atomic E-state index is 13.1. The highest BCUT2D eigenvalue weighted by atomic mass is 16.5. The molecule has 2 fully saturated rings. The molecule has 1 aromatic rings. The van der Waals surface area contributed by atoms with E-state index in [4.69, 9.17) is 9.73 Å². The molecule has 0 aromatic heterocycles. The number of nitrogens with zero attached hydrogens (tertiary/aromatic N) is 3. The maximum atomic E-state index is 13.1. The van der Waals surface area contributed by atoms with Crippen LogP contribution in [0.25, 0.3) is 0 Å². The zero-order chi connectivity index (χ0) is 23.3. The predicted molar refractivity (Wildman–Crippen MR) is 132 cm³/mol. The zero-order valence-electron chi connectivity index (χ0n) is 19.9. The van der Waals surface area contributed by atoms with Gasteiger partial charge in [0.25, 0.3) is 0 Å². The lowest BCUT2D eigenvalue weighted by molar-refractivity contribution is -0.118. The van der Waals surface area contributed by atoms with Crippen LogP contribution < -0.4 is 10.6 Å². The van der Waals surface area contributed by atoms with Crippen molar-refractivity contribution in [3.05, 3.63) is 47.0 Å². The summed E-state index contributed by atoms with van der Waals surface area (Å²) in [6.45, 7) is 5.65. The Balaban J connectivity index is 1.15. The number of carbonyl (C=O) groups is 1. The van der Waals surface area contributed by atoms with Crippen LogP contribution in [-0.2, 0) is 22.5 Å². The number of aliphatic imine (C=N–C) groups is 1. The van der Waals surface area contributed by atoms with E-state index in [1.165, 1.54) is 17.5 Å². The molecule has 3 heterocycles. The topological polar surface area (TPSA) is 89.4 Å². The summed E-state index contributed by atoms with van der Waals surface area (Å²) in [7, 11) is 0. The number of hydrogen-bond acceptors (Lipinski definition) is 7. The molecule has 0 radical (unpaired) electrons. The number of rotatable bonds is 7. The Bertz CT molecular complexity index is 923. The van der Waals surface area contributed by atoms with Gasteiger partial charge in [0, 0.05) is 57.3 Å². The van der Waals surface area contributed by atoms with Crippen LogP contribution >= 0.6 is 0 Å². The Kier molecular flexibility index (Phi) is 7.59. The summed E-state index contributed by atoms with van der Waals surface area (Å²) in [5.41, 5.74) is 3.46. The lowest BCUT2D eigenvalue weighted by atomic mass is 9.93. The molecule has 184 valence electrons. The van der Waals surface area contributed by atoms with Gasteiger partial charge in [-0.1, -0.05) is 24.3 Å². The number of hydrogen-bond donors (Lipinski definition) is 3. The molecule has 0 bridgehead atoms. The summed E-state index contributed by atoms with van der Waals surface area (Å²) in [6, 6.07) is 8.95. The van der Waals surface area contributed by atoms with Crippen LogP contribution in [0.4, 0.5) is 0 Å². The SMILES string of the molecule is O=C(NC[C@H](O)CN1CCc2ccccc2C1)C1=CC(NC2CCC2)=NC(N2CCOCC2)C1. The number of morpholine rings is 1. The van der Waals surface area contributed by atoms with Crippen LogP contribution in [-0.4, -0.2) is 90.9 Å². The summed E-state index contributed by atoms with van der Waals surface area (Å²) in [4.78, 5) is 22.6. The van der Waals surface area contributed by atoms with Gasteiger partial charge < -0.3 is 20.5 Å². The number of amides is 1. The fraction of sp³-hybridized carbons (Fsp3) is 0.615. The molecule has 1 saturated carbocycles. The second-order valence-electron chi connectivity index (χ2n) is 9.91. The van der Waals surface area contributed by atoms with E-state index < -0.39 is 6.10 Å². The molecule has 3 N–H and O–H groups in total. The Hall–Kier alpha value is -2.26. The summed E-state index contributed by atoms with van der Waals surface area (Å²) in [5, 5.41) is 17.1. The molecule has 1 unspecified atom stereocenters. The van der Waals surface area contributed by atoms with Gasteiger partial charge in [0.05, 0.1) is 19.3 Å². The molecule has 1 aromatic carbocycles. The molecular formula is C26H37N5O3. The molecular weight excluding hydrogens is 430 g/mol. The third-order valence-electron chi connectivity index (χ3n) is 7.39. The highest BCUT2D eigenvalue weighted by molar-refractivity contribution is 6.04. The number of fused-ring (bicyclic) bond motifs is 1. The minimum atomic E-state index is -0.602. The van der Waals surface area contributed by atoms with Gasteiger partial charge in [-0.05, 0) is 42.9 Å². The smallest absolute Gasteiger partial charge is 0.247 e. The second-order valence-corrected chi connectivity index (χ2v) is 9.91. The summed E-state index contributed by atoms with van der Waals surface area (Å²) < 4.78 is 5.50. The van der Waals surface area contributed by atoms with Crippen LogP contribution in [0.3, 0.4) is 0 Å². The normalized spacial score (nSPS) is 24.9. The lowest BCUT2D eigenvalue weighted by Crippen LogP contribution is -2.48. The highest BCUT2D eigenvalue weighted by Gasteiger charge is 2.29. The average Bonchev–Trinajstić information content (AvgIpc) is 2.85. The van der Waals surface area contributed by atoms with Crippen LogP contribution in [0, 0.1) is 0 Å². The number of dihydropyridines is 1. The first-order chi connectivity index (χ1) is 16.6. The van der Waals surface area contributed by atoms with Crippen molar-refractivity contribution in [1.82, 2.24) is 20.4 Å². The van der Waals surface area contributed by atoms with Crippen molar-refractivity contribution in [3.63, 3.8) is 0 Å². The van der Waals surface area contributed by atoms with Crippen LogP contribution in [0.1, 0.15) is 36.8 Å². The van der Waals surface area contributed by atoms with Gasteiger partial charge in [0.1, 0.15) is 12.0 Å². The Morgan fingerprint density at radius 3 is 2.74 bits per heavy atom. The van der Waals surface area contributed by atoms with Gasteiger partial charge in [0.2, 0.25) is 5.91 Å². The molecule has 1 aliphatic carbocycles. The van der Waals surface area contributed by atoms with Crippen molar-refractivity contribution in [1.29, 1.82) is 0 Å². The molecule has 4 aliphatic rings. The minimum absolute atomic E-state index is 0.0458. The number of aliphatic hydroxyl groups excluding tert-OH is 1. The quantitative estimate of drug-likeness (QED) is 0.556. The average molecular weight is 468 g/mol. The number of benzene rings is 1. The minimum Gasteiger partial charge on any atom is -0.390 e. The number of ether oxygens (including phenoxy) is 1. The molecule has 8 nitrogen and oxygen atoms in total. The number of amidine groups is 1. The molecule has 8 heteroatoms. The largest absolute Gasteiger partial charge is 0.390 e. The van der Waals surface area contributed by atoms with E-state index in [-0.39, 0.29) is 18.6 Å². The lowest BCUT2D eigenvalue weighted by Gasteiger charge is -2.35. The number of aliphatic hydroxyl groups is 1. The van der Waals surface area contributed by atoms with Gasteiger partial charge in [0.15, 0.2) is 0 Å². The third-order valence-corrected chi connectivity index (χ3v) is 7.39. The summed E-state index contributed by atoms with van der Waals surface area (Å²) in [6.07, 6.45) is 6.40. The van der Waals surface area contributed by atoms with E-state index in [1.807, 2.05) is 6.08 Å². The first-order valence-corrected chi connectivity index (χ1v) is 12.8. The Morgan fingerprint density at radius 2 is 1.97 bits per heavy atom. The number of carbonyl (C=O) groups excluding carboxylic acids is 1. The fourth-order valence-electron chi connectivity index (χ4n) is 5.15. The Morgan fingerprint density at radius 1 is 1.18 bits per heavy atom. The monoisotopic (exact) mass is 467 g/mol. The van der Waals surface area contributed by atoms with Crippen molar-refractivity contribution in [2.45, 2.75) is 57.0 Å². The van der Waals surface area contributed by atoms with Crippen molar-refractivity contribution in [2.75, 3.05) is 45.9 Å². The van der Waals surface area contributed by atoms with Gasteiger partial charge in [-0.3, -0.25) is 14.6 Å². The van der Waals surface area contributed by atoms with Crippen molar-refractivity contribution < 1.29 is 14.6 Å². The molecule has 1 saturated heterocycles. The van der Waals surface area contributed by atoms with E-state index in [1.54, 1.807) is 0 Å². The van der Waals surface area contributed by atoms with Crippen molar-refractivity contribution >= 4 is 11.7 Å². The summed E-state index contributed by atoms with van der Waals surface area (Å²) in [5.74, 6) is 0.703. The van der Waals surface area contributed by atoms with E-state index in [2.05, 4.69) is 44.7 Å². The van der Waals surface area contributed by atoms with Crippen LogP contribution in [0.15, 0.2) is 40.9 Å². The standard InChI is InChI=1S/C26H37N5O3/c32-23(18-30-9-8-19-4-1-2-5-20(19)17-30)16-27-26(33)21-14-24(28-22-6-3-7-22)29-25(15-21)31-10-12-34-13-11-31/h1-2,4-5,14,22-23,25,32H,3,6-13,15-18H2,(H,27,33)(H,28,29)/t23-,25?/m0/s1. The van der Waals surface area contributed by atoms with Gasteiger partial charge >= 0.3 is 0 Å². The predicted octanol–water partition coefficient (Wildman–Crippen LogP) is 1.05. The van der Waals surface area contributed by atoms with Crippen LogP contribution in [0.2, 0.25) is 0 Å².